The van der Waals surface area contributed by atoms with E-state index in [0.717, 1.165) is 11.4 Å². The predicted molar refractivity (Wildman–Crippen MR) is 101 cm³/mol. The van der Waals surface area contributed by atoms with Gasteiger partial charge in [-0.1, -0.05) is 41.4 Å². The molecule has 2 aromatic rings. The Hall–Kier alpha value is -3.12. The molecule has 4 rings (SSSR count). The molecule has 5 nitrogen and oxygen atoms in total. The molecule has 3 N–H and O–H groups in total. The van der Waals surface area contributed by atoms with E-state index in [9.17, 15) is 10.5 Å². The molecule has 0 unspecified atom stereocenters. The van der Waals surface area contributed by atoms with Gasteiger partial charge in [-0.3, -0.25) is 4.90 Å². The Bertz CT molecular complexity index is 1090. The van der Waals surface area contributed by atoms with Gasteiger partial charge >= 0.3 is 0 Å². The number of nitrogens with two attached hydrogens (primary N) is 1. The third-order valence-electron chi connectivity index (χ3n) is 4.49. The molecule has 0 saturated carbocycles. The average molecular weight is 380 g/mol. The summed E-state index contributed by atoms with van der Waals surface area (Å²) in [6, 6.07) is 16.9. The lowest BCUT2D eigenvalue weighted by Gasteiger charge is -2.31. The van der Waals surface area contributed by atoms with E-state index < -0.39 is 5.92 Å². The summed E-state index contributed by atoms with van der Waals surface area (Å²) < 4.78 is 0. The topological polar surface area (TPSA) is 88.9 Å². The summed E-state index contributed by atoms with van der Waals surface area (Å²) in [6.45, 7) is 0. The molecular weight excluding hydrogens is 369 g/mol. The maximum Gasteiger partial charge on any atom is 0.131 e. The molecule has 2 aromatic carbocycles. The first kappa shape index (κ1) is 16.4. The highest BCUT2D eigenvalue weighted by Crippen LogP contribution is 2.48. The fourth-order valence-electron chi connectivity index (χ4n) is 3.35. The summed E-state index contributed by atoms with van der Waals surface area (Å²) in [5.74, 6) is 0.152. The number of nitrogens with zero attached hydrogens (tertiary/aromatic N) is 3. The minimum atomic E-state index is -0.664. The fourth-order valence-corrected chi connectivity index (χ4v) is 3.87. The van der Waals surface area contributed by atoms with E-state index in [2.05, 4.69) is 17.5 Å². The van der Waals surface area contributed by atoms with Crippen molar-refractivity contribution in [1.29, 1.82) is 10.5 Å². The Balaban J connectivity index is 1.99. The second kappa shape index (κ2) is 6.00. The van der Waals surface area contributed by atoms with Crippen LogP contribution in [-0.4, -0.2) is 0 Å². The third kappa shape index (κ3) is 2.23. The van der Waals surface area contributed by atoms with Crippen LogP contribution < -0.4 is 16.0 Å². The standard InChI is InChI=1S/C19H11Cl2N5/c20-10-5-6-11(14(21)7-10)17-12(8-22)18(24)26-16-4-2-1-3-15(16)25-19(26)13(17)9-23/h1-7,17,25H,24H2/t17-/m0/s1. The van der Waals surface area contributed by atoms with E-state index in [0.29, 0.717) is 27.0 Å². The number of rotatable bonds is 1. The summed E-state index contributed by atoms with van der Waals surface area (Å²) in [6.07, 6.45) is 0. The van der Waals surface area contributed by atoms with Crippen LogP contribution in [0.5, 0.6) is 0 Å². The molecule has 1 atom stereocenters. The number of anilines is 2. The Morgan fingerprint density at radius 2 is 1.77 bits per heavy atom. The number of fused-ring (bicyclic) bond motifs is 3. The number of hydrogen-bond donors (Lipinski definition) is 2. The maximum absolute atomic E-state index is 9.88. The van der Waals surface area contributed by atoms with Gasteiger partial charge in [-0.05, 0) is 29.8 Å². The van der Waals surface area contributed by atoms with Gasteiger partial charge in [-0.15, -0.1) is 0 Å². The summed E-state index contributed by atoms with van der Waals surface area (Å²) >= 11 is 12.4. The van der Waals surface area contributed by atoms with Crippen molar-refractivity contribution in [2.45, 2.75) is 5.92 Å². The Morgan fingerprint density at radius 3 is 2.46 bits per heavy atom. The highest BCUT2D eigenvalue weighted by atomic mass is 35.5. The van der Waals surface area contributed by atoms with Crippen molar-refractivity contribution in [3.05, 3.63) is 80.9 Å². The van der Waals surface area contributed by atoms with Crippen LogP contribution in [0.15, 0.2) is 65.3 Å². The second-order valence-corrected chi connectivity index (χ2v) is 6.70. The number of allylic oxidation sites excluding steroid dienone is 2. The van der Waals surface area contributed by atoms with Crippen molar-refractivity contribution in [2.75, 3.05) is 10.2 Å². The molecule has 0 saturated heterocycles. The molecule has 0 aromatic heterocycles. The Labute approximate surface area is 160 Å². The van der Waals surface area contributed by atoms with Gasteiger partial charge in [0.15, 0.2) is 0 Å². The van der Waals surface area contributed by atoms with Gasteiger partial charge in [0.25, 0.3) is 0 Å². The van der Waals surface area contributed by atoms with E-state index in [1.165, 1.54) is 0 Å². The van der Waals surface area contributed by atoms with Crippen LogP contribution in [0.3, 0.4) is 0 Å². The average Bonchev–Trinajstić information content (AvgIpc) is 3.01. The maximum atomic E-state index is 9.88. The molecule has 2 aliphatic rings. The van der Waals surface area contributed by atoms with Gasteiger partial charge in [0.1, 0.15) is 11.6 Å². The van der Waals surface area contributed by atoms with Crippen molar-refractivity contribution in [1.82, 2.24) is 0 Å². The number of benzene rings is 2. The fraction of sp³-hybridized carbons (Fsp3) is 0.0526. The van der Waals surface area contributed by atoms with Crippen LogP contribution in [0.4, 0.5) is 11.4 Å². The molecule has 126 valence electrons. The molecule has 0 radical (unpaired) electrons. The summed E-state index contributed by atoms with van der Waals surface area (Å²) in [4.78, 5) is 1.70. The summed E-state index contributed by atoms with van der Waals surface area (Å²) in [5.41, 5.74) is 9.21. The summed E-state index contributed by atoms with van der Waals surface area (Å²) in [5, 5.41) is 23.7. The minimum absolute atomic E-state index is 0.271. The van der Waals surface area contributed by atoms with Gasteiger partial charge in [-0.2, -0.15) is 10.5 Å². The Kier molecular flexibility index (Phi) is 3.77. The molecule has 0 spiro atoms. The van der Waals surface area contributed by atoms with E-state index in [-0.39, 0.29) is 11.4 Å². The van der Waals surface area contributed by atoms with Crippen molar-refractivity contribution in [2.24, 2.45) is 5.73 Å². The molecule has 2 heterocycles. The van der Waals surface area contributed by atoms with Crippen LogP contribution in [-0.2, 0) is 0 Å². The highest BCUT2D eigenvalue weighted by molar-refractivity contribution is 6.35. The largest absolute Gasteiger partial charge is 0.384 e. The Morgan fingerprint density at radius 1 is 1.04 bits per heavy atom. The number of nitrogens with one attached hydrogen (secondary N) is 1. The lowest BCUT2D eigenvalue weighted by Crippen LogP contribution is -2.34. The first-order chi connectivity index (χ1) is 12.6. The zero-order valence-corrected chi connectivity index (χ0v) is 14.8. The van der Waals surface area contributed by atoms with Crippen LogP contribution in [0, 0.1) is 22.7 Å². The number of hydrogen-bond acceptors (Lipinski definition) is 5. The van der Waals surface area contributed by atoms with E-state index >= 15 is 0 Å². The lowest BCUT2D eigenvalue weighted by atomic mass is 9.83. The van der Waals surface area contributed by atoms with Crippen LogP contribution in [0.2, 0.25) is 10.0 Å². The van der Waals surface area contributed by atoms with Crippen molar-refractivity contribution < 1.29 is 0 Å². The van der Waals surface area contributed by atoms with E-state index in [1.54, 1.807) is 23.1 Å². The first-order valence-corrected chi connectivity index (χ1v) is 8.47. The molecule has 7 heteroatoms. The van der Waals surface area contributed by atoms with Crippen molar-refractivity contribution >= 4 is 34.6 Å². The predicted octanol–water partition coefficient (Wildman–Crippen LogP) is 4.45. The van der Waals surface area contributed by atoms with Crippen LogP contribution in [0.25, 0.3) is 0 Å². The normalized spacial score (nSPS) is 18.0. The first-order valence-electron chi connectivity index (χ1n) is 7.72. The van der Waals surface area contributed by atoms with Crippen molar-refractivity contribution in [3.63, 3.8) is 0 Å². The zero-order valence-electron chi connectivity index (χ0n) is 13.3. The number of para-hydroxylation sites is 2. The second-order valence-electron chi connectivity index (χ2n) is 5.86. The minimum Gasteiger partial charge on any atom is -0.384 e. The van der Waals surface area contributed by atoms with Crippen molar-refractivity contribution in [3.8, 4) is 12.1 Å². The van der Waals surface area contributed by atoms with Gasteiger partial charge in [0.05, 0.1) is 40.6 Å². The van der Waals surface area contributed by atoms with E-state index in [1.807, 2.05) is 24.3 Å². The monoisotopic (exact) mass is 379 g/mol. The van der Waals surface area contributed by atoms with Crippen LogP contribution in [0.1, 0.15) is 11.5 Å². The molecule has 26 heavy (non-hydrogen) atoms. The molecule has 0 aliphatic carbocycles. The molecule has 2 aliphatic heterocycles. The smallest absolute Gasteiger partial charge is 0.131 e. The molecule has 0 amide bonds. The van der Waals surface area contributed by atoms with Gasteiger partial charge in [0, 0.05) is 10.0 Å². The van der Waals surface area contributed by atoms with Gasteiger partial charge in [-0.25, -0.2) is 0 Å². The molecule has 0 bridgehead atoms. The van der Waals surface area contributed by atoms with Gasteiger partial charge in [0.2, 0.25) is 0 Å². The van der Waals surface area contributed by atoms with E-state index in [4.69, 9.17) is 28.9 Å². The van der Waals surface area contributed by atoms with Crippen LogP contribution >= 0.6 is 23.2 Å². The van der Waals surface area contributed by atoms with Gasteiger partial charge < -0.3 is 11.1 Å². The molecule has 0 fully saturated rings. The number of nitriles is 2. The quantitative estimate of drug-likeness (QED) is 0.763. The molecular formula is C19H11Cl2N5. The third-order valence-corrected chi connectivity index (χ3v) is 5.05. The highest BCUT2D eigenvalue weighted by Gasteiger charge is 2.40. The number of halogens is 2. The SMILES string of the molecule is N#CC1=C(N)N2C(=C(C#N)[C@H]1c1ccc(Cl)cc1Cl)Nc1ccccc12. The lowest BCUT2D eigenvalue weighted by molar-refractivity contribution is 0.869. The summed E-state index contributed by atoms with van der Waals surface area (Å²) in [7, 11) is 0. The zero-order chi connectivity index (χ0) is 18.4.